The third-order valence-corrected chi connectivity index (χ3v) is 4.17. The molecule has 3 rings (SSSR count). The zero-order valence-corrected chi connectivity index (χ0v) is 12.5. The molecule has 0 spiro atoms. The first kappa shape index (κ1) is 13.9. The third-order valence-electron chi connectivity index (χ3n) is 4.17. The molecule has 4 nitrogen and oxygen atoms in total. The van der Waals surface area contributed by atoms with Gasteiger partial charge in [0.15, 0.2) is 0 Å². The standard InChI is InChI=1S/C17H20N2O2/c1-11-5-4-8-19(10-11)15-9-12(2)18-16-13(15)6-3-7-14(16)17(20)21/h3,6-7,9,11H,4-5,8,10H2,1-2H3,(H,20,21)/t11-/m1/s1. The highest BCUT2D eigenvalue weighted by Crippen LogP contribution is 2.31. The van der Waals surface area contributed by atoms with Crippen molar-refractivity contribution in [3.63, 3.8) is 0 Å². The number of fused-ring (bicyclic) bond motifs is 1. The largest absolute Gasteiger partial charge is 0.478 e. The summed E-state index contributed by atoms with van der Waals surface area (Å²) in [6.45, 7) is 6.25. The van der Waals surface area contributed by atoms with Crippen LogP contribution in [0.4, 0.5) is 5.69 Å². The number of hydrogen-bond donors (Lipinski definition) is 1. The van der Waals surface area contributed by atoms with Gasteiger partial charge >= 0.3 is 5.97 Å². The lowest BCUT2D eigenvalue weighted by molar-refractivity contribution is 0.0699. The van der Waals surface area contributed by atoms with Crippen molar-refractivity contribution < 1.29 is 9.90 Å². The molecule has 0 unspecified atom stereocenters. The summed E-state index contributed by atoms with van der Waals surface area (Å²) in [7, 11) is 0. The van der Waals surface area contributed by atoms with E-state index in [0.717, 1.165) is 29.9 Å². The second kappa shape index (κ2) is 5.35. The number of para-hydroxylation sites is 1. The maximum Gasteiger partial charge on any atom is 0.337 e. The summed E-state index contributed by atoms with van der Waals surface area (Å²) < 4.78 is 0. The molecular formula is C17H20N2O2. The predicted octanol–water partition coefficient (Wildman–Crippen LogP) is 3.48. The summed E-state index contributed by atoms with van der Waals surface area (Å²) in [5, 5.41) is 10.3. The van der Waals surface area contributed by atoms with Crippen molar-refractivity contribution in [1.29, 1.82) is 0 Å². The first-order valence-electron chi connectivity index (χ1n) is 7.45. The Morgan fingerprint density at radius 3 is 2.95 bits per heavy atom. The third kappa shape index (κ3) is 2.58. The number of pyridine rings is 1. The summed E-state index contributed by atoms with van der Waals surface area (Å²) >= 11 is 0. The number of carboxylic acids is 1. The highest BCUT2D eigenvalue weighted by atomic mass is 16.4. The van der Waals surface area contributed by atoms with Crippen LogP contribution in [-0.2, 0) is 0 Å². The lowest BCUT2D eigenvalue weighted by Crippen LogP contribution is -2.34. The van der Waals surface area contributed by atoms with E-state index in [9.17, 15) is 9.90 Å². The minimum atomic E-state index is -0.920. The number of carboxylic acid groups (broad SMARTS) is 1. The van der Waals surface area contributed by atoms with Crippen LogP contribution in [0.1, 0.15) is 35.8 Å². The van der Waals surface area contributed by atoms with E-state index in [1.807, 2.05) is 13.0 Å². The Morgan fingerprint density at radius 1 is 1.43 bits per heavy atom. The highest BCUT2D eigenvalue weighted by molar-refractivity contribution is 6.05. The van der Waals surface area contributed by atoms with Crippen molar-refractivity contribution in [3.8, 4) is 0 Å². The molecule has 110 valence electrons. The summed E-state index contributed by atoms with van der Waals surface area (Å²) in [5.74, 6) is -0.249. The van der Waals surface area contributed by atoms with Crippen LogP contribution in [0.15, 0.2) is 24.3 Å². The number of aryl methyl sites for hydroxylation is 1. The van der Waals surface area contributed by atoms with Gasteiger partial charge in [0.25, 0.3) is 0 Å². The van der Waals surface area contributed by atoms with Gasteiger partial charge in [-0.05, 0) is 37.8 Å². The number of piperidine rings is 1. The molecule has 0 radical (unpaired) electrons. The second-order valence-corrected chi connectivity index (χ2v) is 5.98. The van der Waals surface area contributed by atoms with Gasteiger partial charge in [-0.15, -0.1) is 0 Å². The Hall–Kier alpha value is -2.10. The van der Waals surface area contributed by atoms with Crippen molar-refractivity contribution in [3.05, 3.63) is 35.5 Å². The number of benzene rings is 1. The zero-order chi connectivity index (χ0) is 15.0. The van der Waals surface area contributed by atoms with Crippen LogP contribution < -0.4 is 4.90 Å². The second-order valence-electron chi connectivity index (χ2n) is 5.98. The molecule has 1 N–H and O–H groups in total. The van der Waals surface area contributed by atoms with Gasteiger partial charge in [0, 0.05) is 29.9 Å². The predicted molar refractivity (Wildman–Crippen MR) is 84.1 cm³/mol. The molecule has 4 heteroatoms. The minimum Gasteiger partial charge on any atom is -0.478 e. The van der Waals surface area contributed by atoms with Crippen LogP contribution >= 0.6 is 0 Å². The molecule has 1 aromatic heterocycles. The Morgan fingerprint density at radius 2 is 2.24 bits per heavy atom. The van der Waals surface area contributed by atoms with E-state index in [2.05, 4.69) is 22.9 Å². The van der Waals surface area contributed by atoms with Crippen molar-refractivity contribution in [2.24, 2.45) is 5.92 Å². The van der Waals surface area contributed by atoms with E-state index < -0.39 is 5.97 Å². The fourth-order valence-corrected chi connectivity index (χ4v) is 3.20. The summed E-state index contributed by atoms with van der Waals surface area (Å²) in [5.41, 5.74) is 2.86. The first-order valence-corrected chi connectivity index (χ1v) is 7.45. The first-order chi connectivity index (χ1) is 10.1. The number of carbonyl (C=O) groups is 1. The maximum atomic E-state index is 11.4. The van der Waals surface area contributed by atoms with E-state index in [1.165, 1.54) is 12.8 Å². The molecule has 2 heterocycles. The van der Waals surface area contributed by atoms with Crippen molar-refractivity contribution in [2.75, 3.05) is 18.0 Å². The zero-order valence-electron chi connectivity index (χ0n) is 12.5. The van der Waals surface area contributed by atoms with Crippen molar-refractivity contribution in [1.82, 2.24) is 4.98 Å². The van der Waals surface area contributed by atoms with Crippen LogP contribution in [0.5, 0.6) is 0 Å². The normalized spacial score (nSPS) is 19.0. The number of anilines is 1. The lowest BCUT2D eigenvalue weighted by atomic mass is 9.98. The number of aromatic carboxylic acids is 1. The number of hydrogen-bond acceptors (Lipinski definition) is 3. The summed E-state index contributed by atoms with van der Waals surface area (Å²) in [6, 6.07) is 7.48. The smallest absolute Gasteiger partial charge is 0.337 e. The molecule has 0 aliphatic carbocycles. The molecule has 1 saturated heterocycles. The van der Waals surface area contributed by atoms with Crippen LogP contribution in [0.3, 0.4) is 0 Å². The van der Waals surface area contributed by atoms with Gasteiger partial charge in [0.05, 0.1) is 11.1 Å². The van der Waals surface area contributed by atoms with E-state index in [-0.39, 0.29) is 5.56 Å². The molecule has 2 aromatic rings. The van der Waals surface area contributed by atoms with Crippen LogP contribution in [0, 0.1) is 12.8 Å². The van der Waals surface area contributed by atoms with Gasteiger partial charge in [-0.1, -0.05) is 19.1 Å². The van der Waals surface area contributed by atoms with Crippen LogP contribution in [-0.4, -0.2) is 29.1 Å². The number of rotatable bonds is 2. The van der Waals surface area contributed by atoms with Gasteiger partial charge in [-0.25, -0.2) is 4.79 Å². The molecule has 1 atom stereocenters. The maximum absolute atomic E-state index is 11.4. The molecule has 1 fully saturated rings. The van der Waals surface area contributed by atoms with Gasteiger partial charge in [-0.3, -0.25) is 4.98 Å². The SMILES string of the molecule is Cc1cc(N2CCC[C@@H](C)C2)c2cccc(C(=O)O)c2n1. The molecule has 1 aliphatic heterocycles. The quantitative estimate of drug-likeness (QED) is 0.917. The molecule has 21 heavy (non-hydrogen) atoms. The Bertz CT molecular complexity index is 696. The molecular weight excluding hydrogens is 264 g/mol. The van der Waals surface area contributed by atoms with Gasteiger partial charge in [0.2, 0.25) is 0 Å². The monoisotopic (exact) mass is 284 g/mol. The van der Waals surface area contributed by atoms with Crippen molar-refractivity contribution >= 4 is 22.6 Å². The molecule has 1 aromatic carbocycles. The highest BCUT2D eigenvalue weighted by Gasteiger charge is 2.20. The molecule has 0 amide bonds. The van der Waals surface area contributed by atoms with Gasteiger partial charge < -0.3 is 10.0 Å². The Labute approximate surface area is 124 Å². The van der Waals surface area contributed by atoms with Gasteiger partial charge in [-0.2, -0.15) is 0 Å². The molecule has 0 bridgehead atoms. The summed E-state index contributed by atoms with van der Waals surface area (Å²) in [6.07, 6.45) is 2.45. The number of aromatic nitrogens is 1. The van der Waals surface area contributed by atoms with E-state index >= 15 is 0 Å². The average Bonchev–Trinajstić information content (AvgIpc) is 2.45. The van der Waals surface area contributed by atoms with Crippen LogP contribution in [0.2, 0.25) is 0 Å². The lowest BCUT2D eigenvalue weighted by Gasteiger charge is -2.33. The fourth-order valence-electron chi connectivity index (χ4n) is 3.20. The Kier molecular flexibility index (Phi) is 3.53. The molecule has 1 aliphatic rings. The molecule has 0 saturated carbocycles. The van der Waals surface area contributed by atoms with Gasteiger partial charge in [0.1, 0.15) is 0 Å². The van der Waals surface area contributed by atoms with Crippen LogP contribution in [0.25, 0.3) is 10.9 Å². The topological polar surface area (TPSA) is 53.4 Å². The fraction of sp³-hybridized carbons (Fsp3) is 0.412. The van der Waals surface area contributed by atoms with E-state index in [0.29, 0.717) is 11.4 Å². The van der Waals surface area contributed by atoms with E-state index in [1.54, 1.807) is 12.1 Å². The summed E-state index contributed by atoms with van der Waals surface area (Å²) in [4.78, 5) is 18.2. The van der Waals surface area contributed by atoms with Crippen molar-refractivity contribution in [2.45, 2.75) is 26.7 Å². The Balaban J connectivity index is 2.18. The average molecular weight is 284 g/mol. The minimum absolute atomic E-state index is 0.280. The van der Waals surface area contributed by atoms with E-state index in [4.69, 9.17) is 0 Å². The number of nitrogens with zero attached hydrogens (tertiary/aromatic N) is 2.